The van der Waals surface area contributed by atoms with Gasteiger partial charge in [-0.15, -0.1) is 0 Å². The molecule has 0 saturated heterocycles. The lowest BCUT2D eigenvalue weighted by Gasteiger charge is -2.26. The van der Waals surface area contributed by atoms with Crippen molar-refractivity contribution in [2.75, 3.05) is 23.8 Å². The SMILES string of the molecule is CN1C(=O)CNc2ncc(C(=O)NCc3cccc(F)c3F)cc21. The number of carbonyl (C=O) groups is 2. The number of halogens is 2. The van der Waals surface area contributed by atoms with Gasteiger partial charge >= 0.3 is 0 Å². The topological polar surface area (TPSA) is 74.3 Å². The van der Waals surface area contributed by atoms with Crippen molar-refractivity contribution in [2.45, 2.75) is 6.54 Å². The minimum absolute atomic E-state index is 0.0447. The molecule has 2 heterocycles. The van der Waals surface area contributed by atoms with Crippen LogP contribution in [-0.4, -0.2) is 30.4 Å². The highest BCUT2D eigenvalue weighted by molar-refractivity contribution is 6.03. The van der Waals surface area contributed by atoms with E-state index < -0.39 is 17.5 Å². The van der Waals surface area contributed by atoms with Crippen molar-refractivity contribution in [3.63, 3.8) is 0 Å². The van der Waals surface area contributed by atoms with Gasteiger partial charge in [0.2, 0.25) is 5.91 Å². The Bertz CT molecular complexity index is 826. The number of rotatable bonds is 3. The van der Waals surface area contributed by atoms with Gasteiger partial charge < -0.3 is 15.5 Å². The van der Waals surface area contributed by atoms with Crippen LogP contribution in [0.25, 0.3) is 0 Å². The number of nitrogens with zero attached hydrogens (tertiary/aromatic N) is 2. The second kappa shape index (κ2) is 6.23. The summed E-state index contributed by atoms with van der Waals surface area (Å²) in [6, 6.07) is 5.28. The summed E-state index contributed by atoms with van der Waals surface area (Å²) < 4.78 is 26.7. The van der Waals surface area contributed by atoms with Crippen LogP contribution in [0.5, 0.6) is 0 Å². The molecule has 0 radical (unpaired) electrons. The largest absolute Gasteiger partial charge is 0.359 e. The van der Waals surface area contributed by atoms with Crippen LogP contribution in [-0.2, 0) is 11.3 Å². The highest BCUT2D eigenvalue weighted by Gasteiger charge is 2.23. The molecule has 1 aliphatic rings. The smallest absolute Gasteiger partial charge is 0.253 e. The second-order valence-corrected chi connectivity index (χ2v) is 5.29. The molecule has 124 valence electrons. The fourth-order valence-corrected chi connectivity index (χ4v) is 2.34. The Hall–Kier alpha value is -3.03. The predicted molar refractivity (Wildman–Crippen MR) is 83.7 cm³/mol. The molecule has 0 fully saturated rings. The maximum Gasteiger partial charge on any atom is 0.253 e. The number of benzene rings is 1. The quantitative estimate of drug-likeness (QED) is 0.897. The average molecular weight is 332 g/mol. The fraction of sp³-hybridized carbons (Fsp3) is 0.188. The third-order valence-corrected chi connectivity index (χ3v) is 3.74. The first-order valence-electron chi connectivity index (χ1n) is 7.19. The van der Waals surface area contributed by atoms with Crippen molar-refractivity contribution in [1.82, 2.24) is 10.3 Å². The van der Waals surface area contributed by atoms with Gasteiger partial charge in [0.15, 0.2) is 11.6 Å². The molecule has 0 bridgehead atoms. The van der Waals surface area contributed by atoms with Crippen LogP contribution in [0.1, 0.15) is 15.9 Å². The Labute approximate surface area is 136 Å². The van der Waals surface area contributed by atoms with E-state index in [1.165, 1.54) is 29.3 Å². The zero-order valence-corrected chi connectivity index (χ0v) is 12.8. The van der Waals surface area contributed by atoms with E-state index in [2.05, 4.69) is 15.6 Å². The van der Waals surface area contributed by atoms with Crippen molar-refractivity contribution in [3.8, 4) is 0 Å². The Balaban J connectivity index is 1.76. The summed E-state index contributed by atoms with van der Waals surface area (Å²) in [7, 11) is 1.59. The second-order valence-electron chi connectivity index (χ2n) is 5.29. The molecule has 1 aromatic heterocycles. The van der Waals surface area contributed by atoms with Gasteiger partial charge in [-0.3, -0.25) is 9.59 Å². The summed E-state index contributed by atoms with van der Waals surface area (Å²) in [4.78, 5) is 29.4. The molecule has 0 spiro atoms. The molecule has 0 aliphatic carbocycles. The Morgan fingerprint density at radius 1 is 1.42 bits per heavy atom. The lowest BCUT2D eigenvalue weighted by Crippen LogP contribution is -2.37. The zero-order chi connectivity index (χ0) is 17.3. The first-order chi connectivity index (χ1) is 11.5. The molecule has 24 heavy (non-hydrogen) atoms. The Kier molecular flexibility index (Phi) is 4.11. The number of hydrogen-bond acceptors (Lipinski definition) is 4. The third kappa shape index (κ3) is 2.90. The van der Waals surface area contributed by atoms with Crippen molar-refractivity contribution in [1.29, 1.82) is 0 Å². The predicted octanol–water partition coefficient (Wildman–Crippen LogP) is 1.68. The molecule has 1 aromatic carbocycles. The van der Waals surface area contributed by atoms with Crippen LogP contribution < -0.4 is 15.5 Å². The van der Waals surface area contributed by atoms with Crippen molar-refractivity contribution >= 4 is 23.3 Å². The number of hydrogen-bond donors (Lipinski definition) is 2. The van der Waals surface area contributed by atoms with Crippen LogP contribution >= 0.6 is 0 Å². The maximum absolute atomic E-state index is 13.6. The molecule has 1 aliphatic heterocycles. The number of likely N-dealkylation sites (N-methyl/N-ethyl adjacent to an activating group) is 1. The van der Waals surface area contributed by atoms with E-state index in [1.54, 1.807) is 7.05 Å². The molecule has 2 amide bonds. The standard InChI is InChI=1S/C16H14F2N4O2/c1-22-12-5-10(7-19-15(12)20-8-13(22)23)16(24)21-6-9-3-2-4-11(17)14(9)18/h2-5,7H,6,8H2,1H3,(H,19,20)(H,21,24). The maximum atomic E-state index is 13.6. The zero-order valence-electron chi connectivity index (χ0n) is 12.8. The molecular weight excluding hydrogens is 318 g/mol. The van der Waals surface area contributed by atoms with Gasteiger partial charge in [-0.05, 0) is 12.1 Å². The molecule has 0 atom stereocenters. The van der Waals surface area contributed by atoms with Gasteiger partial charge in [0.25, 0.3) is 5.91 Å². The summed E-state index contributed by atoms with van der Waals surface area (Å²) in [5.74, 6) is -2.10. The summed E-state index contributed by atoms with van der Waals surface area (Å²) in [5.41, 5.74) is 0.743. The summed E-state index contributed by atoms with van der Waals surface area (Å²) in [6.45, 7) is -0.0204. The number of nitrogens with one attached hydrogen (secondary N) is 2. The van der Waals surface area contributed by atoms with Crippen LogP contribution in [0.4, 0.5) is 20.3 Å². The lowest BCUT2D eigenvalue weighted by atomic mass is 10.1. The fourth-order valence-electron chi connectivity index (χ4n) is 2.34. The molecular formula is C16H14F2N4O2. The highest BCUT2D eigenvalue weighted by atomic mass is 19.2. The van der Waals surface area contributed by atoms with E-state index in [-0.39, 0.29) is 30.1 Å². The van der Waals surface area contributed by atoms with Crippen LogP contribution in [0.15, 0.2) is 30.5 Å². The average Bonchev–Trinajstić information content (AvgIpc) is 2.59. The molecule has 2 aromatic rings. The number of anilines is 2. The van der Waals surface area contributed by atoms with Gasteiger partial charge in [0.1, 0.15) is 5.82 Å². The number of pyridine rings is 1. The van der Waals surface area contributed by atoms with Gasteiger partial charge in [-0.25, -0.2) is 13.8 Å². The molecule has 3 rings (SSSR count). The van der Waals surface area contributed by atoms with Crippen molar-refractivity contribution in [2.24, 2.45) is 0 Å². The van der Waals surface area contributed by atoms with E-state index in [0.29, 0.717) is 11.5 Å². The van der Waals surface area contributed by atoms with E-state index in [1.807, 2.05) is 0 Å². The number of fused-ring (bicyclic) bond motifs is 1. The highest BCUT2D eigenvalue weighted by Crippen LogP contribution is 2.27. The lowest BCUT2D eigenvalue weighted by molar-refractivity contribution is -0.116. The minimum atomic E-state index is -0.990. The monoisotopic (exact) mass is 332 g/mol. The van der Waals surface area contributed by atoms with Crippen LogP contribution in [0.2, 0.25) is 0 Å². The van der Waals surface area contributed by atoms with Crippen molar-refractivity contribution in [3.05, 3.63) is 53.2 Å². The number of amides is 2. The summed E-state index contributed by atoms with van der Waals surface area (Å²) in [5, 5.41) is 5.36. The molecule has 8 heteroatoms. The Morgan fingerprint density at radius 2 is 2.21 bits per heavy atom. The van der Waals surface area contributed by atoms with Gasteiger partial charge in [-0.1, -0.05) is 12.1 Å². The van der Waals surface area contributed by atoms with Gasteiger partial charge in [-0.2, -0.15) is 0 Å². The first kappa shape index (κ1) is 15.9. The Morgan fingerprint density at radius 3 is 3.00 bits per heavy atom. The first-order valence-corrected chi connectivity index (χ1v) is 7.19. The third-order valence-electron chi connectivity index (χ3n) is 3.74. The van der Waals surface area contributed by atoms with Crippen LogP contribution in [0, 0.1) is 11.6 Å². The normalized spacial score (nSPS) is 13.3. The van der Waals surface area contributed by atoms with Gasteiger partial charge in [0, 0.05) is 25.4 Å². The van der Waals surface area contributed by atoms with E-state index >= 15 is 0 Å². The molecule has 0 saturated carbocycles. The van der Waals surface area contributed by atoms with Gasteiger partial charge in [0.05, 0.1) is 17.8 Å². The summed E-state index contributed by atoms with van der Waals surface area (Å²) >= 11 is 0. The summed E-state index contributed by atoms with van der Waals surface area (Å²) in [6.07, 6.45) is 1.35. The van der Waals surface area contributed by atoms with Crippen molar-refractivity contribution < 1.29 is 18.4 Å². The van der Waals surface area contributed by atoms with E-state index in [9.17, 15) is 18.4 Å². The van der Waals surface area contributed by atoms with Crippen LogP contribution in [0.3, 0.4) is 0 Å². The van der Waals surface area contributed by atoms with E-state index in [0.717, 1.165) is 6.07 Å². The molecule has 0 unspecified atom stereocenters. The number of carbonyl (C=O) groups excluding carboxylic acids is 2. The minimum Gasteiger partial charge on any atom is -0.359 e. The van der Waals surface area contributed by atoms with E-state index in [4.69, 9.17) is 0 Å². The molecule has 2 N–H and O–H groups in total. The molecule has 6 nitrogen and oxygen atoms in total. The number of aromatic nitrogens is 1.